The Balaban J connectivity index is 1.68. The Kier molecular flexibility index (Phi) is 2.56. The van der Waals surface area contributed by atoms with Gasteiger partial charge in [-0.2, -0.15) is 0 Å². The van der Waals surface area contributed by atoms with Crippen molar-refractivity contribution < 1.29 is 8.42 Å². The highest BCUT2D eigenvalue weighted by Gasteiger charge is 2.50. The molecule has 0 aliphatic carbocycles. The molecule has 0 saturated carbocycles. The fourth-order valence-electron chi connectivity index (χ4n) is 2.75. The van der Waals surface area contributed by atoms with Crippen molar-refractivity contribution >= 4 is 16.0 Å². The first-order valence-corrected chi connectivity index (χ1v) is 7.81. The predicted molar refractivity (Wildman–Crippen MR) is 67.7 cm³/mol. The number of sulfonamides is 1. The molecule has 2 fully saturated rings. The van der Waals surface area contributed by atoms with E-state index in [1.165, 1.54) is 6.26 Å². The first-order chi connectivity index (χ1) is 8.49. The Morgan fingerprint density at radius 3 is 2.50 bits per heavy atom. The van der Waals surface area contributed by atoms with Crippen molar-refractivity contribution in [3.8, 4) is 0 Å². The molecule has 0 radical (unpaired) electrons. The summed E-state index contributed by atoms with van der Waals surface area (Å²) in [7, 11) is -3.03. The summed E-state index contributed by atoms with van der Waals surface area (Å²) in [5.74, 6) is 0.743. The molecule has 1 aromatic heterocycles. The molecular formula is C11H16N4O2S. The lowest BCUT2D eigenvalue weighted by atomic mass is 9.81. The van der Waals surface area contributed by atoms with Crippen LogP contribution in [0.25, 0.3) is 0 Å². The Hall–Kier alpha value is -1.21. The smallest absolute Gasteiger partial charge is 0.225 e. The SMILES string of the molecule is CS(=O)(=O)N1CC2(CCN(c3ncccn3)C2)C1. The van der Waals surface area contributed by atoms with Crippen molar-refractivity contribution in [1.82, 2.24) is 14.3 Å². The number of hydrogen-bond acceptors (Lipinski definition) is 5. The maximum Gasteiger partial charge on any atom is 0.225 e. The van der Waals surface area contributed by atoms with Crippen molar-refractivity contribution in [2.45, 2.75) is 6.42 Å². The molecule has 7 heteroatoms. The first kappa shape index (κ1) is 11.9. The summed E-state index contributed by atoms with van der Waals surface area (Å²) in [6, 6.07) is 1.80. The third-order valence-electron chi connectivity index (χ3n) is 3.77. The molecule has 18 heavy (non-hydrogen) atoms. The standard InChI is InChI=1S/C11H16N4O2S/c1-18(16,17)15-8-11(9-15)3-6-14(7-11)10-12-4-2-5-13-10/h2,4-5H,3,6-9H2,1H3. The number of rotatable bonds is 2. The van der Waals surface area contributed by atoms with E-state index in [2.05, 4.69) is 14.9 Å². The van der Waals surface area contributed by atoms with Crippen LogP contribution in [-0.4, -0.2) is 55.1 Å². The fourth-order valence-corrected chi connectivity index (χ4v) is 3.77. The van der Waals surface area contributed by atoms with Gasteiger partial charge in [0.2, 0.25) is 16.0 Å². The maximum absolute atomic E-state index is 11.4. The molecule has 0 N–H and O–H groups in total. The topological polar surface area (TPSA) is 66.4 Å². The molecule has 3 rings (SSSR count). The summed E-state index contributed by atoms with van der Waals surface area (Å²) in [6.07, 6.45) is 5.75. The third kappa shape index (κ3) is 1.97. The van der Waals surface area contributed by atoms with Gasteiger partial charge in [-0.3, -0.25) is 0 Å². The van der Waals surface area contributed by atoms with Crippen LogP contribution >= 0.6 is 0 Å². The van der Waals surface area contributed by atoms with E-state index in [9.17, 15) is 8.42 Å². The predicted octanol–water partition coefficient (Wildman–Crippen LogP) is -0.0517. The maximum atomic E-state index is 11.4. The van der Waals surface area contributed by atoms with E-state index in [4.69, 9.17) is 0 Å². The highest BCUT2D eigenvalue weighted by molar-refractivity contribution is 7.88. The van der Waals surface area contributed by atoms with Gasteiger partial charge < -0.3 is 4.90 Å². The monoisotopic (exact) mass is 268 g/mol. The van der Waals surface area contributed by atoms with Crippen LogP contribution in [0.5, 0.6) is 0 Å². The fraction of sp³-hybridized carbons (Fsp3) is 0.636. The normalized spacial score (nSPS) is 23.3. The van der Waals surface area contributed by atoms with Crippen LogP contribution in [0.4, 0.5) is 5.95 Å². The van der Waals surface area contributed by atoms with E-state index in [0.717, 1.165) is 25.5 Å². The molecule has 2 aliphatic heterocycles. The molecule has 98 valence electrons. The third-order valence-corrected chi connectivity index (χ3v) is 4.96. The Morgan fingerprint density at radius 1 is 1.22 bits per heavy atom. The quantitative estimate of drug-likeness (QED) is 0.752. The minimum atomic E-state index is -3.03. The molecule has 2 saturated heterocycles. The molecule has 1 aromatic rings. The molecule has 1 spiro atoms. The average molecular weight is 268 g/mol. The molecule has 0 amide bonds. The van der Waals surface area contributed by atoms with Crippen LogP contribution in [0.2, 0.25) is 0 Å². The summed E-state index contributed by atoms with van der Waals surface area (Å²) in [6.45, 7) is 3.02. The summed E-state index contributed by atoms with van der Waals surface area (Å²) in [4.78, 5) is 10.6. The zero-order chi connectivity index (χ0) is 12.8. The van der Waals surface area contributed by atoms with E-state index in [1.54, 1.807) is 22.8 Å². The molecule has 0 aromatic carbocycles. The molecule has 0 bridgehead atoms. The Labute approximate surface area is 107 Å². The van der Waals surface area contributed by atoms with Crippen molar-refractivity contribution in [3.63, 3.8) is 0 Å². The van der Waals surface area contributed by atoms with E-state index in [1.807, 2.05) is 0 Å². The minimum absolute atomic E-state index is 0.113. The van der Waals surface area contributed by atoms with E-state index < -0.39 is 10.0 Å². The van der Waals surface area contributed by atoms with Crippen molar-refractivity contribution in [3.05, 3.63) is 18.5 Å². The van der Waals surface area contributed by atoms with Gasteiger partial charge in [0.1, 0.15) is 0 Å². The van der Waals surface area contributed by atoms with E-state index in [0.29, 0.717) is 13.1 Å². The van der Waals surface area contributed by atoms with Crippen LogP contribution in [0.1, 0.15) is 6.42 Å². The van der Waals surface area contributed by atoms with Crippen LogP contribution in [0.3, 0.4) is 0 Å². The van der Waals surface area contributed by atoms with Crippen molar-refractivity contribution in [2.75, 3.05) is 37.3 Å². The molecular weight excluding hydrogens is 252 g/mol. The van der Waals surface area contributed by atoms with Crippen LogP contribution < -0.4 is 4.90 Å². The number of nitrogens with zero attached hydrogens (tertiary/aromatic N) is 4. The van der Waals surface area contributed by atoms with Crippen LogP contribution in [-0.2, 0) is 10.0 Å². The summed E-state index contributed by atoms with van der Waals surface area (Å²) in [5.41, 5.74) is 0.113. The second-order valence-electron chi connectivity index (χ2n) is 5.25. The van der Waals surface area contributed by atoms with Gasteiger partial charge in [0.05, 0.1) is 6.26 Å². The highest BCUT2D eigenvalue weighted by Crippen LogP contribution is 2.41. The van der Waals surface area contributed by atoms with Gasteiger partial charge in [-0.25, -0.2) is 22.7 Å². The van der Waals surface area contributed by atoms with E-state index >= 15 is 0 Å². The Morgan fingerprint density at radius 2 is 1.89 bits per heavy atom. The second kappa shape index (κ2) is 3.89. The van der Waals surface area contributed by atoms with Crippen LogP contribution in [0.15, 0.2) is 18.5 Å². The first-order valence-electron chi connectivity index (χ1n) is 5.96. The van der Waals surface area contributed by atoms with Gasteiger partial charge in [0.25, 0.3) is 0 Å². The number of aromatic nitrogens is 2. The minimum Gasteiger partial charge on any atom is -0.340 e. The van der Waals surface area contributed by atoms with Crippen molar-refractivity contribution in [1.29, 1.82) is 0 Å². The second-order valence-corrected chi connectivity index (χ2v) is 7.23. The summed E-state index contributed by atoms with van der Waals surface area (Å²) < 4.78 is 24.3. The lowest BCUT2D eigenvalue weighted by Crippen LogP contribution is -2.59. The van der Waals surface area contributed by atoms with Gasteiger partial charge in [-0.1, -0.05) is 0 Å². The Bertz CT molecular complexity index is 539. The zero-order valence-electron chi connectivity index (χ0n) is 10.3. The summed E-state index contributed by atoms with van der Waals surface area (Å²) >= 11 is 0. The number of hydrogen-bond donors (Lipinski definition) is 0. The lowest BCUT2D eigenvalue weighted by Gasteiger charge is -2.46. The largest absolute Gasteiger partial charge is 0.340 e. The number of anilines is 1. The van der Waals surface area contributed by atoms with Gasteiger partial charge in [0, 0.05) is 44.0 Å². The van der Waals surface area contributed by atoms with Gasteiger partial charge in [-0.15, -0.1) is 0 Å². The van der Waals surface area contributed by atoms with E-state index in [-0.39, 0.29) is 5.41 Å². The van der Waals surface area contributed by atoms with Gasteiger partial charge in [0.15, 0.2) is 0 Å². The van der Waals surface area contributed by atoms with Gasteiger partial charge >= 0.3 is 0 Å². The molecule has 2 aliphatic rings. The summed E-state index contributed by atoms with van der Waals surface area (Å²) in [5, 5.41) is 0. The molecule has 3 heterocycles. The lowest BCUT2D eigenvalue weighted by molar-refractivity contribution is 0.0943. The van der Waals surface area contributed by atoms with Gasteiger partial charge in [-0.05, 0) is 12.5 Å². The average Bonchev–Trinajstić information content (AvgIpc) is 2.72. The molecule has 0 atom stereocenters. The highest BCUT2D eigenvalue weighted by atomic mass is 32.2. The molecule has 6 nitrogen and oxygen atoms in total. The molecule has 0 unspecified atom stereocenters. The van der Waals surface area contributed by atoms with Crippen LogP contribution in [0, 0.1) is 5.41 Å². The zero-order valence-corrected chi connectivity index (χ0v) is 11.1. The van der Waals surface area contributed by atoms with Crippen molar-refractivity contribution in [2.24, 2.45) is 5.41 Å².